The van der Waals surface area contributed by atoms with Gasteiger partial charge < -0.3 is 20.5 Å². The van der Waals surface area contributed by atoms with Crippen LogP contribution in [0.25, 0.3) is 11.6 Å². The molecule has 0 saturated carbocycles. The highest BCUT2D eigenvalue weighted by Gasteiger charge is 2.26. The molecule has 0 bridgehead atoms. The first-order valence-corrected chi connectivity index (χ1v) is 14.1. The highest BCUT2D eigenvalue weighted by molar-refractivity contribution is 7.98. The minimum Gasteiger partial charge on any atom is -0.358 e. The van der Waals surface area contributed by atoms with Crippen LogP contribution in [0.5, 0.6) is 0 Å². The summed E-state index contributed by atoms with van der Waals surface area (Å²) in [5.74, 6) is 0.267. The lowest BCUT2D eigenvalue weighted by Crippen LogP contribution is -2.33. The molecule has 0 unspecified atom stereocenters. The van der Waals surface area contributed by atoms with Crippen LogP contribution >= 0.6 is 35.0 Å². The first-order valence-electron chi connectivity index (χ1n) is 12.3. The molecule has 0 atom stereocenters. The number of aryl methyl sites for hydroxylation is 1. The Hall–Kier alpha value is -2.71. The van der Waals surface area contributed by atoms with E-state index in [0.29, 0.717) is 39.2 Å². The molecule has 2 aromatic carbocycles. The van der Waals surface area contributed by atoms with Crippen molar-refractivity contribution in [3.05, 3.63) is 80.6 Å². The number of thioether (sulfide) groups is 1. The van der Waals surface area contributed by atoms with E-state index in [1.54, 1.807) is 17.8 Å². The lowest BCUT2D eigenvalue weighted by molar-refractivity contribution is -0.110. The van der Waals surface area contributed by atoms with Crippen LogP contribution in [0.3, 0.4) is 0 Å². The van der Waals surface area contributed by atoms with Crippen molar-refractivity contribution in [2.45, 2.75) is 30.4 Å². The minimum absolute atomic E-state index is 0.144. The number of rotatable bonds is 8. The van der Waals surface area contributed by atoms with E-state index in [-0.39, 0.29) is 11.8 Å². The van der Waals surface area contributed by atoms with E-state index in [1.807, 2.05) is 49.4 Å². The molecule has 5 rings (SSSR count). The smallest absolute Gasteiger partial charge is 0.256 e. The molecule has 9 heteroatoms. The molecule has 6 nitrogen and oxygen atoms in total. The number of aromatic amines is 1. The fourth-order valence-electron chi connectivity index (χ4n) is 4.71. The largest absolute Gasteiger partial charge is 0.358 e. The third-order valence-electron chi connectivity index (χ3n) is 6.65. The van der Waals surface area contributed by atoms with Crippen LogP contribution in [0, 0.1) is 6.92 Å². The third kappa shape index (κ3) is 5.91. The van der Waals surface area contributed by atoms with Gasteiger partial charge in [0.05, 0.1) is 16.8 Å². The molecular weight excluding hydrogens is 527 g/mol. The predicted octanol–water partition coefficient (Wildman–Crippen LogP) is 6.24. The van der Waals surface area contributed by atoms with Gasteiger partial charge in [0.25, 0.3) is 11.8 Å². The number of anilines is 1. The lowest BCUT2D eigenvalue weighted by Gasteiger charge is -2.14. The van der Waals surface area contributed by atoms with Crippen LogP contribution < -0.4 is 10.6 Å². The van der Waals surface area contributed by atoms with Crippen LogP contribution in [0.4, 0.5) is 5.69 Å². The second kappa shape index (κ2) is 11.4. The molecule has 3 heterocycles. The molecule has 0 radical (unpaired) electrons. The topological polar surface area (TPSA) is 77.2 Å². The van der Waals surface area contributed by atoms with E-state index in [2.05, 4.69) is 20.5 Å². The zero-order valence-corrected chi connectivity index (χ0v) is 22.8. The van der Waals surface area contributed by atoms with Gasteiger partial charge in [-0.1, -0.05) is 29.3 Å². The summed E-state index contributed by atoms with van der Waals surface area (Å²) >= 11 is 14.3. The SMILES string of the molecule is Cc1cc(C(=O)NCCN2CCCC2)c(/C=C2\C(=O)Nc3ccc(SCc4c(Cl)cccc4Cl)cc32)[nH]1. The van der Waals surface area contributed by atoms with Gasteiger partial charge in [-0.15, -0.1) is 11.8 Å². The summed E-state index contributed by atoms with van der Waals surface area (Å²) < 4.78 is 0. The van der Waals surface area contributed by atoms with Gasteiger partial charge in [-0.2, -0.15) is 0 Å². The van der Waals surface area contributed by atoms with Gasteiger partial charge in [0.15, 0.2) is 0 Å². The maximum Gasteiger partial charge on any atom is 0.256 e. The molecule has 1 fully saturated rings. The van der Waals surface area contributed by atoms with Gasteiger partial charge >= 0.3 is 0 Å². The average molecular weight is 556 g/mol. The zero-order chi connectivity index (χ0) is 25.9. The number of fused-ring (bicyclic) bond motifs is 1. The summed E-state index contributed by atoms with van der Waals surface area (Å²) in [4.78, 5) is 32.5. The third-order valence-corrected chi connectivity index (χ3v) is 8.38. The summed E-state index contributed by atoms with van der Waals surface area (Å²) in [6.07, 6.45) is 4.21. The molecular formula is C28H28Cl2N4O2S. The van der Waals surface area contributed by atoms with Crippen molar-refractivity contribution in [1.82, 2.24) is 15.2 Å². The fraction of sp³-hybridized carbons (Fsp3) is 0.286. The molecule has 2 aliphatic rings. The molecule has 2 amide bonds. The number of carbonyl (C=O) groups excluding carboxylic acids is 2. The first kappa shape index (κ1) is 25.9. The zero-order valence-electron chi connectivity index (χ0n) is 20.5. The van der Waals surface area contributed by atoms with Gasteiger partial charge in [0, 0.05) is 50.7 Å². The molecule has 0 aliphatic carbocycles. The second-order valence-electron chi connectivity index (χ2n) is 9.29. The predicted molar refractivity (Wildman–Crippen MR) is 153 cm³/mol. The first-order chi connectivity index (χ1) is 17.9. The Balaban J connectivity index is 1.34. The van der Waals surface area contributed by atoms with E-state index in [1.165, 1.54) is 12.8 Å². The van der Waals surface area contributed by atoms with E-state index >= 15 is 0 Å². The normalized spacial score (nSPS) is 16.3. The van der Waals surface area contributed by atoms with Gasteiger partial charge in [0.1, 0.15) is 0 Å². The molecule has 192 valence electrons. The average Bonchev–Trinajstić information content (AvgIpc) is 3.59. The number of amides is 2. The number of nitrogens with one attached hydrogen (secondary N) is 3. The van der Waals surface area contributed by atoms with Crippen molar-refractivity contribution in [1.29, 1.82) is 0 Å². The Morgan fingerprint density at radius 3 is 2.65 bits per heavy atom. The van der Waals surface area contributed by atoms with Gasteiger partial charge in [0.2, 0.25) is 0 Å². The Morgan fingerprint density at radius 2 is 1.89 bits per heavy atom. The Kier molecular flexibility index (Phi) is 7.95. The standard InChI is InChI=1S/C28H28Cl2N4O2S/c1-17-13-21(27(35)31-9-12-34-10-2-3-11-34)26(32-17)15-20-19-14-18(7-8-25(19)33-28(20)36)37-16-22-23(29)5-4-6-24(22)30/h4-8,13-15,32H,2-3,9-12,16H2,1H3,(H,31,35)(H,33,36)/b20-15-. The number of halogens is 2. The number of H-pyrrole nitrogens is 1. The molecule has 0 spiro atoms. The number of hydrogen-bond acceptors (Lipinski definition) is 4. The molecule has 1 saturated heterocycles. The van der Waals surface area contributed by atoms with Crippen molar-refractivity contribution in [2.75, 3.05) is 31.5 Å². The minimum atomic E-state index is -0.195. The number of aromatic nitrogens is 1. The van der Waals surface area contributed by atoms with Crippen molar-refractivity contribution in [3.63, 3.8) is 0 Å². The summed E-state index contributed by atoms with van der Waals surface area (Å²) in [7, 11) is 0. The summed E-state index contributed by atoms with van der Waals surface area (Å²) in [5.41, 5.74) is 4.95. The highest BCUT2D eigenvalue weighted by Crippen LogP contribution is 2.38. The van der Waals surface area contributed by atoms with Crippen molar-refractivity contribution in [3.8, 4) is 0 Å². The van der Waals surface area contributed by atoms with Gasteiger partial charge in [-0.3, -0.25) is 9.59 Å². The summed E-state index contributed by atoms with van der Waals surface area (Å²) in [5, 5.41) is 7.22. The van der Waals surface area contributed by atoms with Crippen molar-refractivity contribution >= 4 is 64.1 Å². The number of benzene rings is 2. The number of nitrogens with zero attached hydrogens (tertiary/aromatic N) is 1. The van der Waals surface area contributed by atoms with Crippen LogP contribution in [0.2, 0.25) is 10.0 Å². The van der Waals surface area contributed by atoms with E-state index in [4.69, 9.17) is 23.2 Å². The summed E-state index contributed by atoms with van der Waals surface area (Å²) in [6.45, 7) is 5.54. The van der Waals surface area contributed by atoms with Gasteiger partial charge in [-0.25, -0.2) is 0 Å². The molecule has 1 aromatic heterocycles. The monoisotopic (exact) mass is 554 g/mol. The number of likely N-dealkylation sites (tertiary alicyclic amines) is 1. The maximum absolute atomic E-state index is 13.0. The van der Waals surface area contributed by atoms with Crippen molar-refractivity contribution < 1.29 is 9.59 Å². The second-order valence-corrected chi connectivity index (χ2v) is 11.2. The van der Waals surface area contributed by atoms with E-state index < -0.39 is 0 Å². The van der Waals surface area contributed by atoms with Crippen LogP contribution in [0.1, 0.15) is 45.7 Å². The molecule has 3 aromatic rings. The Morgan fingerprint density at radius 1 is 1.14 bits per heavy atom. The summed E-state index contributed by atoms with van der Waals surface area (Å²) in [6, 6.07) is 13.2. The lowest BCUT2D eigenvalue weighted by atomic mass is 10.0. The maximum atomic E-state index is 13.0. The highest BCUT2D eigenvalue weighted by atomic mass is 35.5. The quantitative estimate of drug-likeness (QED) is 0.227. The van der Waals surface area contributed by atoms with Gasteiger partial charge in [-0.05, 0) is 80.9 Å². The van der Waals surface area contributed by atoms with Crippen LogP contribution in [-0.2, 0) is 10.5 Å². The fourth-order valence-corrected chi connectivity index (χ4v) is 6.39. The molecule has 37 heavy (non-hydrogen) atoms. The van der Waals surface area contributed by atoms with E-state index in [0.717, 1.165) is 47.0 Å². The molecule has 2 aliphatic heterocycles. The van der Waals surface area contributed by atoms with Crippen LogP contribution in [-0.4, -0.2) is 47.9 Å². The Labute approximate surface area is 230 Å². The van der Waals surface area contributed by atoms with Crippen molar-refractivity contribution in [2.24, 2.45) is 0 Å². The number of carbonyl (C=O) groups is 2. The Bertz CT molecular complexity index is 1360. The number of hydrogen-bond donors (Lipinski definition) is 3. The van der Waals surface area contributed by atoms with Crippen LogP contribution in [0.15, 0.2) is 47.4 Å². The van der Waals surface area contributed by atoms with E-state index in [9.17, 15) is 9.59 Å². The molecule has 3 N–H and O–H groups in total.